The Labute approximate surface area is 149 Å². The summed E-state index contributed by atoms with van der Waals surface area (Å²) in [5.41, 5.74) is -1.32. The summed E-state index contributed by atoms with van der Waals surface area (Å²) in [5, 5.41) is 47.6. The van der Waals surface area contributed by atoms with Crippen molar-refractivity contribution in [2.75, 3.05) is 0 Å². The smallest absolute Gasteiger partial charge is 0.337 e. The average Bonchev–Trinajstić information content (AvgIpc) is 2.60. The number of ether oxygens (including phenoxy) is 2. The first-order valence-electron chi connectivity index (χ1n) is 7.59. The predicted octanol–water partition coefficient (Wildman–Crippen LogP) is -1.24. The van der Waals surface area contributed by atoms with Crippen molar-refractivity contribution in [1.82, 2.24) is 0 Å². The van der Waals surface area contributed by atoms with Crippen molar-refractivity contribution in [3.8, 4) is 5.75 Å². The fourth-order valence-electron chi connectivity index (χ4n) is 2.68. The molecule has 11 nitrogen and oxygen atoms in total. The van der Waals surface area contributed by atoms with Gasteiger partial charge in [-0.3, -0.25) is 0 Å². The molecule has 1 aromatic heterocycles. The highest BCUT2D eigenvalue weighted by atomic mass is 16.7. The number of aliphatic hydroxyl groups excluding tert-OH is 3. The summed E-state index contributed by atoms with van der Waals surface area (Å²) in [6.45, 7) is 0. The Bertz CT molecular complexity index is 949. The number of hydrogen-bond acceptors (Lipinski definition) is 9. The lowest BCUT2D eigenvalue weighted by atomic mass is 9.99. The van der Waals surface area contributed by atoms with Gasteiger partial charge in [0, 0.05) is 17.5 Å². The van der Waals surface area contributed by atoms with Gasteiger partial charge in [-0.05, 0) is 12.1 Å². The molecule has 0 radical (unpaired) electrons. The molecule has 1 fully saturated rings. The summed E-state index contributed by atoms with van der Waals surface area (Å²) >= 11 is 0. The Morgan fingerprint density at radius 1 is 1.00 bits per heavy atom. The third-order valence-electron chi connectivity index (χ3n) is 4.01. The van der Waals surface area contributed by atoms with E-state index in [0.717, 1.165) is 12.1 Å². The number of aromatic carboxylic acids is 1. The third-order valence-corrected chi connectivity index (χ3v) is 4.01. The highest BCUT2D eigenvalue weighted by Crippen LogP contribution is 2.27. The fourth-order valence-corrected chi connectivity index (χ4v) is 2.68. The summed E-state index contributed by atoms with van der Waals surface area (Å²) in [5.74, 6) is -2.98. The van der Waals surface area contributed by atoms with Crippen molar-refractivity contribution in [1.29, 1.82) is 0 Å². The molecule has 5 atom stereocenters. The number of benzene rings is 1. The summed E-state index contributed by atoms with van der Waals surface area (Å²) in [6, 6.07) is 4.52. The Hall–Kier alpha value is -2.99. The molecule has 2 aromatic rings. The van der Waals surface area contributed by atoms with Crippen LogP contribution in [0.15, 0.2) is 33.5 Å². The molecule has 5 N–H and O–H groups in total. The van der Waals surface area contributed by atoms with Crippen LogP contribution in [-0.2, 0) is 9.53 Å². The van der Waals surface area contributed by atoms with E-state index >= 15 is 0 Å². The van der Waals surface area contributed by atoms with E-state index in [0.29, 0.717) is 0 Å². The number of carboxylic acids is 2. The van der Waals surface area contributed by atoms with Crippen molar-refractivity contribution < 1.29 is 49.0 Å². The number of carboxylic acid groups (broad SMARTS) is 2. The Morgan fingerprint density at radius 3 is 2.33 bits per heavy atom. The minimum atomic E-state index is -1.87. The van der Waals surface area contributed by atoms with E-state index in [1.54, 1.807) is 0 Å². The van der Waals surface area contributed by atoms with Crippen LogP contribution in [0.3, 0.4) is 0 Å². The fraction of sp³-hybridized carbons (Fsp3) is 0.312. The lowest BCUT2D eigenvalue weighted by Crippen LogP contribution is -2.61. The van der Waals surface area contributed by atoms with Crippen LogP contribution < -0.4 is 10.4 Å². The van der Waals surface area contributed by atoms with E-state index in [2.05, 4.69) is 0 Å². The van der Waals surface area contributed by atoms with Gasteiger partial charge in [0.2, 0.25) is 6.29 Å². The first kappa shape index (κ1) is 18.8. The molecular formula is C16H14O11. The molecule has 11 heteroatoms. The zero-order chi connectivity index (χ0) is 19.9. The molecule has 0 aliphatic carbocycles. The maximum atomic E-state index is 11.5. The standard InChI is InChI=1S/C16H14O11/c17-9-4-7(14(21)22)6-2-1-5(3-8(6)26-9)25-16-12(20)10(18)11(19)13(27-16)15(23)24/h1-4,10-13,16,18-20H,(H,21,22)(H,23,24)/t10-,11-,12+,13-,16+/m0/s1. The first-order valence-corrected chi connectivity index (χ1v) is 7.59. The molecule has 1 saturated heterocycles. The van der Waals surface area contributed by atoms with Crippen LogP contribution in [0, 0.1) is 0 Å². The number of carbonyl (C=O) groups is 2. The molecule has 144 valence electrons. The van der Waals surface area contributed by atoms with Gasteiger partial charge >= 0.3 is 17.6 Å². The van der Waals surface area contributed by atoms with Gasteiger partial charge in [0.15, 0.2) is 6.10 Å². The van der Waals surface area contributed by atoms with Crippen LogP contribution in [0.4, 0.5) is 0 Å². The van der Waals surface area contributed by atoms with Crippen molar-refractivity contribution >= 4 is 22.9 Å². The van der Waals surface area contributed by atoms with E-state index in [-0.39, 0.29) is 22.3 Å². The Kier molecular flexibility index (Phi) is 4.85. The number of fused-ring (bicyclic) bond motifs is 1. The van der Waals surface area contributed by atoms with Crippen molar-refractivity contribution in [3.05, 3.63) is 40.2 Å². The number of hydrogen-bond donors (Lipinski definition) is 5. The van der Waals surface area contributed by atoms with Crippen molar-refractivity contribution in [2.45, 2.75) is 30.7 Å². The molecule has 27 heavy (non-hydrogen) atoms. The summed E-state index contributed by atoms with van der Waals surface area (Å²) in [6.07, 6.45) is -8.99. The van der Waals surface area contributed by atoms with Gasteiger partial charge in [-0.2, -0.15) is 0 Å². The molecule has 1 aliphatic heterocycles. The highest BCUT2D eigenvalue weighted by Gasteiger charge is 2.48. The molecule has 1 aliphatic rings. The number of rotatable bonds is 4. The summed E-state index contributed by atoms with van der Waals surface area (Å²) in [7, 11) is 0. The van der Waals surface area contributed by atoms with E-state index in [1.165, 1.54) is 12.1 Å². The second kappa shape index (κ2) is 6.96. The maximum Gasteiger partial charge on any atom is 0.337 e. The van der Waals surface area contributed by atoms with Crippen LogP contribution in [-0.4, -0.2) is 68.2 Å². The van der Waals surface area contributed by atoms with E-state index in [4.69, 9.17) is 24.1 Å². The average molecular weight is 382 g/mol. The summed E-state index contributed by atoms with van der Waals surface area (Å²) < 4.78 is 15.2. The van der Waals surface area contributed by atoms with Crippen LogP contribution in [0.25, 0.3) is 11.0 Å². The molecule has 2 heterocycles. The van der Waals surface area contributed by atoms with Gasteiger partial charge in [0.1, 0.15) is 29.6 Å². The third kappa shape index (κ3) is 3.48. The first-order chi connectivity index (χ1) is 12.7. The Balaban J connectivity index is 1.93. The van der Waals surface area contributed by atoms with Crippen molar-refractivity contribution in [2.24, 2.45) is 0 Å². The van der Waals surface area contributed by atoms with Gasteiger partial charge in [0.05, 0.1) is 5.56 Å². The largest absolute Gasteiger partial charge is 0.479 e. The summed E-state index contributed by atoms with van der Waals surface area (Å²) in [4.78, 5) is 33.8. The van der Waals surface area contributed by atoms with E-state index in [1.807, 2.05) is 0 Å². The van der Waals surface area contributed by atoms with Gasteiger partial charge in [-0.25, -0.2) is 14.4 Å². The quantitative estimate of drug-likeness (QED) is 0.399. The molecular weight excluding hydrogens is 368 g/mol. The minimum Gasteiger partial charge on any atom is -0.479 e. The Morgan fingerprint density at radius 2 is 1.70 bits per heavy atom. The second-order valence-corrected chi connectivity index (χ2v) is 5.80. The zero-order valence-corrected chi connectivity index (χ0v) is 13.4. The molecule has 0 unspecified atom stereocenters. The van der Waals surface area contributed by atoms with E-state index in [9.17, 15) is 29.7 Å². The van der Waals surface area contributed by atoms with Gasteiger partial charge < -0.3 is 39.4 Å². The van der Waals surface area contributed by atoms with Crippen LogP contribution in [0.5, 0.6) is 5.75 Å². The van der Waals surface area contributed by atoms with Gasteiger partial charge in [-0.1, -0.05) is 0 Å². The van der Waals surface area contributed by atoms with Crippen LogP contribution in [0.1, 0.15) is 10.4 Å². The molecule has 0 spiro atoms. The lowest BCUT2D eigenvalue weighted by molar-refractivity contribution is -0.271. The minimum absolute atomic E-state index is 0.0648. The highest BCUT2D eigenvalue weighted by molar-refractivity contribution is 6.01. The SMILES string of the molecule is O=C(O)c1cc(=O)oc2cc(O[C@@H]3O[C@H](C(=O)O)[C@@H](O)[C@H](O)[C@H]3O)ccc12. The van der Waals surface area contributed by atoms with Gasteiger partial charge in [-0.15, -0.1) is 0 Å². The van der Waals surface area contributed by atoms with Crippen LogP contribution in [0.2, 0.25) is 0 Å². The normalized spacial score (nSPS) is 28.0. The molecule has 0 saturated carbocycles. The molecule has 0 bridgehead atoms. The second-order valence-electron chi connectivity index (χ2n) is 5.80. The monoisotopic (exact) mass is 382 g/mol. The predicted molar refractivity (Wildman–Crippen MR) is 84.4 cm³/mol. The number of aliphatic hydroxyl groups is 3. The van der Waals surface area contributed by atoms with E-state index < -0.39 is 48.3 Å². The van der Waals surface area contributed by atoms with Gasteiger partial charge in [0.25, 0.3) is 0 Å². The lowest BCUT2D eigenvalue weighted by Gasteiger charge is -2.38. The molecule has 0 amide bonds. The molecule has 1 aromatic carbocycles. The topological polar surface area (TPSA) is 184 Å². The molecule has 3 rings (SSSR count). The maximum absolute atomic E-state index is 11.5. The number of aliphatic carboxylic acids is 1. The zero-order valence-electron chi connectivity index (χ0n) is 13.4. The van der Waals surface area contributed by atoms with Crippen molar-refractivity contribution in [3.63, 3.8) is 0 Å². The van der Waals surface area contributed by atoms with Crippen LogP contribution >= 0.6 is 0 Å².